The van der Waals surface area contributed by atoms with Gasteiger partial charge in [0.25, 0.3) is 0 Å². The monoisotopic (exact) mass is 282 g/mol. The average molecular weight is 282 g/mol. The second kappa shape index (κ2) is 6.93. The van der Waals surface area contributed by atoms with Crippen molar-refractivity contribution >= 4 is 17.3 Å². The zero-order chi connectivity index (χ0) is 15.2. The summed E-state index contributed by atoms with van der Waals surface area (Å²) in [7, 11) is 0. The summed E-state index contributed by atoms with van der Waals surface area (Å²) in [5.74, 6) is 0.0242. The van der Waals surface area contributed by atoms with Gasteiger partial charge < -0.3 is 10.6 Å². The summed E-state index contributed by atoms with van der Waals surface area (Å²) in [6.45, 7) is 6.90. The Bertz CT molecular complexity index is 597. The number of aryl methyl sites for hydroxylation is 3. The van der Waals surface area contributed by atoms with E-state index in [1.165, 1.54) is 16.7 Å². The van der Waals surface area contributed by atoms with Crippen LogP contribution in [0.1, 0.15) is 23.1 Å². The lowest BCUT2D eigenvalue weighted by Gasteiger charge is -2.13. The molecule has 0 spiro atoms. The molecule has 0 bridgehead atoms. The van der Waals surface area contributed by atoms with Gasteiger partial charge in [0.05, 0.1) is 0 Å². The Labute approximate surface area is 126 Å². The molecule has 2 rings (SSSR count). The van der Waals surface area contributed by atoms with Gasteiger partial charge in [-0.15, -0.1) is 0 Å². The van der Waals surface area contributed by atoms with Crippen LogP contribution in [0.2, 0.25) is 0 Å². The van der Waals surface area contributed by atoms with Crippen LogP contribution in [-0.4, -0.2) is 12.5 Å². The van der Waals surface area contributed by atoms with Crippen molar-refractivity contribution in [3.8, 4) is 0 Å². The lowest BCUT2D eigenvalue weighted by molar-refractivity contribution is -0.115. The second-order valence-corrected chi connectivity index (χ2v) is 5.36. The highest BCUT2D eigenvalue weighted by atomic mass is 16.1. The molecule has 3 nitrogen and oxygen atoms in total. The predicted octanol–water partition coefficient (Wildman–Crippen LogP) is 4.05. The van der Waals surface area contributed by atoms with Gasteiger partial charge in [0.1, 0.15) is 0 Å². The molecule has 0 saturated heterocycles. The van der Waals surface area contributed by atoms with E-state index >= 15 is 0 Å². The van der Waals surface area contributed by atoms with Crippen LogP contribution < -0.4 is 10.6 Å². The molecule has 0 aliphatic rings. The molecule has 0 saturated carbocycles. The van der Waals surface area contributed by atoms with Crippen LogP contribution in [0.25, 0.3) is 0 Å². The van der Waals surface area contributed by atoms with Gasteiger partial charge in [-0.05, 0) is 44.0 Å². The summed E-state index contributed by atoms with van der Waals surface area (Å²) in [5.41, 5.74) is 5.67. The minimum atomic E-state index is 0.0242. The Kier molecular flexibility index (Phi) is 4.99. The van der Waals surface area contributed by atoms with Crippen molar-refractivity contribution in [2.45, 2.75) is 27.2 Å². The zero-order valence-corrected chi connectivity index (χ0v) is 12.9. The third-order valence-electron chi connectivity index (χ3n) is 3.39. The van der Waals surface area contributed by atoms with Crippen molar-refractivity contribution in [3.05, 3.63) is 59.2 Å². The fraction of sp³-hybridized carbons (Fsp3) is 0.278. The maximum atomic E-state index is 11.9. The number of benzene rings is 2. The first-order valence-corrected chi connectivity index (χ1v) is 7.23. The second-order valence-electron chi connectivity index (χ2n) is 5.36. The van der Waals surface area contributed by atoms with Gasteiger partial charge in [-0.25, -0.2) is 0 Å². The number of carbonyl (C=O) groups is 1. The molecule has 0 aliphatic carbocycles. The first kappa shape index (κ1) is 15.1. The van der Waals surface area contributed by atoms with Crippen LogP contribution >= 0.6 is 0 Å². The maximum Gasteiger partial charge on any atom is 0.226 e. The maximum absolute atomic E-state index is 11.9. The molecule has 2 aromatic rings. The van der Waals surface area contributed by atoms with E-state index in [1.54, 1.807) is 0 Å². The molecule has 0 aromatic heterocycles. The van der Waals surface area contributed by atoms with Crippen LogP contribution in [0.4, 0.5) is 11.4 Å². The standard InChI is InChI=1S/C18H22N2O/c1-13-11-14(2)18(15(3)12-13)19-10-9-17(21)20-16-7-5-4-6-8-16/h4-8,11-12,19H,9-10H2,1-3H3,(H,20,21). The first-order chi connectivity index (χ1) is 10.1. The zero-order valence-electron chi connectivity index (χ0n) is 12.9. The van der Waals surface area contributed by atoms with Gasteiger partial charge in [0.2, 0.25) is 5.91 Å². The van der Waals surface area contributed by atoms with Crippen molar-refractivity contribution in [2.75, 3.05) is 17.2 Å². The highest BCUT2D eigenvalue weighted by Gasteiger charge is 2.05. The van der Waals surface area contributed by atoms with Crippen LogP contribution in [0.15, 0.2) is 42.5 Å². The fourth-order valence-corrected chi connectivity index (χ4v) is 2.50. The Morgan fingerprint density at radius 2 is 1.62 bits per heavy atom. The van der Waals surface area contributed by atoms with Gasteiger partial charge in [0, 0.05) is 24.3 Å². The molecule has 0 unspecified atom stereocenters. The summed E-state index contributed by atoms with van der Waals surface area (Å²) in [4.78, 5) is 11.9. The fourth-order valence-electron chi connectivity index (χ4n) is 2.50. The molecule has 0 aliphatic heterocycles. The number of nitrogens with one attached hydrogen (secondary N) is 2. The molecule has 0 radical (unpaired) electrons. The molecule has 1 amide bonds. The lowest BCUT2D eigenvalue weighted by atomic mass is 10.1. The van der Waals surface area contributed by atoms with Gasteiger partial charge in [-0.2, -0.15) is 0 Å². The van der Waals surface area contributed by atoms with E-state index in [9.17, 15) is 4.79 Å². The molecule has 0 atom stereocenters. The smallest absolute Gasteiger partial charge is 0.226 e. The van der Waals surface area contributed by atoms with Crippen molar-refractivity contribution in [3.63, 3.8) is 0 Å². The molecule has 0 fully saturated rings. The van der Waals surface area contributed by atoms with Crippen LogP contribution in [0, 0.1) is 20.8 Å². The minimum absolute atomic E-state index is 0.0242. The van der Waals surface area contributed by atoms with Crippen molar-refractivity contribution in [1.82, 2.24) is 0 Å². The predicted molar refractivity (Wildman–Crippen MR) is 88.8 cm³/mol. The number of amides is 1. The van der Waals surface area contributed by atoms with E-state index in [2.05, 4.69) is 43.5 Å². The number of anilines is 2. The third kappa shape index (κ3) is 4.35. The van der Waals surface area contributed by atoms with E-state index in [-0.39, 0.29) is 5.91 Å². The number of para-hydroxylation sites is 1. The number of rotatable bonds is 5. The minimum Gasteiger partial charge on any atom is -0.384 e. The Morgan fingerprint density at radius 1 is 1.00 bits per heavy atom. The van der Waals surface area contributed by atoms with Crippen LogP contribution in [0.5, 0.6) is 0 Å². The van der Waals surface area contributed by atoms with Crippen molar-refractivity contribution in [2.24, 2.45) is 0 Å². The van der Waals surface area contributed by atoms with Crippen molar-refractivity contribution in [1.29, 1.82) is 0 Å². The molecule has 3 heteroatoms. The topological polar surface area (TPSA) is 41.1 Å². The summed E-state index contributed by atoms with van der Waals surface area (Å²) in [5, 5.41) is 6.25. The van der Waals surface area contributed by atoms with Crippen LogP contribution in [0.3, 0.4) is 0 Å². The molecule has 0 heterocycles. The molecule has 110 valence electrons. The number of hydrogen-bond acceptors (Lipinski definition) is 2. The molecule has 2 aromatic carbocycles. The van der Waals surface area contributed by atoms with Gasteiger partial charge >= 0.3 is 0 Å². The quantitative estimate of drug-likeness (QED) is 0.868. The van der Waals surface area contributed by atoms with Crippen LogP contribution in [-0.2, 0) is 4.79 Å². The van der Waals surface area contributed by atoms with Gasteiger partial charge in [-0.3, -0.25) is 4.79 Å². The molecular formula is C18H22N2O. The van der Waals surface area contributed by atoms with E-state index < -0.39 is 0 Å². The van der Waals surface area contributed by atoms with E-state index in [1.807, 2.05) is 30.3 Å². The molecular weight excluding hydrogens is 260 g/mol. The average Bonchev–Trinajstić information content (AvgIpc) is 2.42. The van der Waals surface area contributed by atoms with Gasteiger partial charge in [-0.1, -0.05) is 35.9 Å². The molecule has 2 N–H and O–H groups in total. The summed E-state index contributed by atoms with van der Waals surface area (Å²) >= 11 is 0. The number of carbonyl (C=O) groups excluding carboxylic acids is 1. The highest BCUT2D eigenvalue weighted by Crippen LogP contribution is 2.21. The lowest BCUT2D eigenvalue weighted by Crippen LogP contribution is -2.16. The Morgan fingerprint density at radius 3 is 2.24 bits per heavy atom. The highest BCUT2D eigenvalue weighted by molar-refractivity contribution is 5.90. The largest absolute Gasteiger partial charge is 0.384 e. The first-order valence-electron chi connectivity index (χ1n) is 7.23. The Balaban J connectivity index is 1.86. The summed E-state index contributed by atoms with van der Waals surface area (Å²) < 4.78 is 0. The van der Waals surface area contributed by atoms with Crippen molar-refractivity contribution < 1.29 is 4.79 Å². The SMILES string of the molecule is Cc1cc(C)c(NCCC(=O)Nc2ccccc2)c(C)c1. The number of hydrogen-bond donors (Lipinski definition) is 2. The van der Waals surface area contributed by atoms with E-state index in [4.69, 9.17) is 0 Å². The normalized spacial score (nSPS) is 10.2. The molecule has 21 heavy (non-hydrogen) atoms. The summed E-state index contributed by atoms with van der Waals surface area (Å²) in [6.07, 6.45) is 0.446. The van der Waals surface area contributed by atoms with E-state index in [0.29, 0.717) is 13.0 Å². The third-order valence-corrected chi connectivity index (χ3v) is 3.39. The Hall–Kier alpha value is -2.29. The summed E-state index contributed by atoms with van der Waals surface area (Å²) in [6, 6.07) is 13.8. The van der Waals surface area contributed by atoms with E-state index in [0.717, 1.165) is 11.4 Å². The van der Waals surface area contributed by atoms with Gasteiger partial charge in [0.15, 0.2) is 0 Å².